The maximum Gasteiger partial charge on any atom is 0.403 e. The molecule has 1 heterocycles. The summed E-state index contributed by atoms with van der Waals surface area (Å²) in [5, 5.41) is 12.8. The van der Waals surface area contributed by atoms with Crippen LogP contribution in [0.15, 0.2) is 42.5 Å². The molecule has 1 aliphatic rings. The third-order valence-corrected chi connectivity index (χ3v) is 6.52. The number of amides is 1. The minimum atomic E-state index is -4.61. The van der Waals surface area contributed by atoms with E-state index in [-0.39, 0.29) is 36.1 Å². The van der Waals surface area contributed by atoms with Crippen molar-refractivity contribution in [3.05, 3.63) is 53.1 Å². The second-order valence-corrected chi connectivity index (χ2v) is 8.93. The van der Waals surface area contributed by atoms with Gasteiger partial charge in [-0.25, -0.2) is 4.98 Å². The molecule has 0 bridgehead atoms. The second-order valence-electron chi connectivity index (χ2n) is 8.53. The summed E-state index contributed by atoms with van der Waals surface area (Å²) in [4.78, 5) is 25.0. The van der Waals surface area contributed by atoms with Gasteiger partial charge in [-0.15, -0.1) is 0 Å². The Labute approximate surface area is 210 Å². The van der Waals surface area contributed by atoms with Gasteiger partial charge in [0.05, 0.1) is 11.6 Å². The minimum absolute atomic E-state index is 0.0695. The summed E-state index contributed by atoms with van der Waals surface area (Å²) in [6, 6.07) is 11.2. The molecule has 7 nitrogen and oxygen atoms in total. The molecule has 190 valence electrons. The standard InChI is InChI=1S/C25H24ClF3N4O3/c1-2-36-17-7-5-6-16(13-17)20-31-21(33-23(35)32-20)18-12-15(8-9-19(18)26)14-30-22(34)24(25(27,28)29)10-3-4-11-24/h5-9,12-13H,2-4,10-11,14H2,1H3,(H,30,34)(H,31,32,33,35). The quantitative estimate of drug-likeness (QED) is 0.414. The van der Waals surface area contributed by atoms with Crippen LogP contribution >= 0.6 is 11.6 Å². The summed E-state index contributed by atoms with van der Waals surface area (Å²) >= 11 is 6.36. The number of carbonyl (C=O) groups is 1. The van der Waals surface area contributed by atoms with Crippen LogP contribution < -0.4 is 10.1 Å². The van der Waals surface area contributed by atoms with Gasteiger partial charge < -0.3 is 15.2 Å². The molecule has 1 aliphatic carbocycles. The maximum absolute atomic E-state index is 13.7. The zero-order chi connectivity index (χ0) is 25.9. The van der Waals surface area contributed by atoms with Gasteiger partial charge in [0, 0.05) is 17.7 Å². The van der Waals surface area contributed by atoms with Gasteiger partial charge in [-0.2, -0.15) is 23.1 Å². The van der Waals surface area contributed by atoms with Gasteiger partial charge >= 0.3 is 12.2 Å². The largest absolute Gasteiger partial charge is 0.494 e. The van der Waals surface area contributed by atoms with Crippen molar-refractivity contribution in [1.29, 1.82) is 0 Å². The number of benzene rings is 2. The van der Waals surface area contributed by atoms with Gasteiger partial charge in [0.2, 0.25) is 5.91 Å². The number of aromatic hydroxyl groups is 1. The lowest BCUT2D eigenvalue weighted by molar-refractivity contribution is -0.220. The summed E-state index contributed by atoms with van der Waals surface area (Å²) in [7, 11) is 0. The Morgan fingerprint density at radius 2 is 1.83 bits per heavy atom. The SMILES string of the molecule is CCOc1cccc(-c2nc(O)nc(-c3cc(CNC(=O)C4(C(F)(F)F)CCCC4)ccc3Cl)n2)c1. The lowest BCUT2D eigenvalue weighted by atomic mass is 9.84. The third-order valence-electron chi connectivity index (χ3n) is 6.19. The first-order valence-corrected chi connectivity index (χ1v) is 11.8. The van der Waals surface area contributed by atoms with Crippen LogP contribution in [0.2, 0.25) is 5.02 Å². The van der Waals surface area contributed by atoms with E-state index < -0.39 is 23.5 Å². The minimum Gasteiger partial charge on any atom is -0.494 e. The molecule has 1 amide bonds. The van der Waals surface area contributed by atoms with Gasteiger partial charge in [0.1, 0.15) is 11.2 Å². The van der Waals surface area contributed by atoms with Gasteiger partial charge in [-0.1, -0.05) is 42.6 Å². The van der Waals surface area contributed by atoms with Crippen LogP contribution in [0.25, 0.3) is 22.8 Å². The molecule has 0 saturated heterocycles. The molecule has 1 saturated carbocycles. The van der Waals surface area contributed by atoms with Crippen molar-refractivity contribution in [3.8, 4) is 34.5 Å². The highest BCUT2D eigenvalue weighted by molar-refractivity contribution is 6.33. The monoisotopic (exact) mass is 520 g/mol. The van der Waals surface area contributed by atoms with E-state index in [1.165, 1.54) is 6.07 Å². The molecule has 3 aromatic rings. The number of nitrogens with zero attached hydrogens (tertiary/aromatic N) is 3. The molecule has 0 spiro atoms. The highest BCUT2D eigenvalue weighted by atomic mass is 35.5. The van der Waals surface area contributed by atoms with Crippen molar-refractivity contribution in [2.24, 2.45) is 5.41 Å². The molecule has 0 atom stereocenters. The third kappa shape index (κ3) is 5.23. The van der Waals surface area contributed by atoms with Crippen molar-refractivity contribution < 1.29 is 27.8 Å². The summed E-state index contributed by atoms with van der Waals surface area (Å²) in [6.07, 6.45) is -4.33. The van der Waals surface area contributed by atoms with Gasteiger partial charge in [0.15, 0.2) is 11.6 Å². The van der Waals surface area contributed by atoms with Crippen molar-refractivity contribution in [2.75, 3.05) is 6.61 Å². The molecule has 0 aliphatic heterocycles. The van der Waals surface area contributed by atoms with Crippen molar-refractivity contribution in [1.82, 2.24) is 20.3 Å². The lowest BCUT2D eigenvalue weighted by Crippen LogP contribution is -2.48. The highest BCUT2D eigenvalue weighted by Gasteiger charge is 2.60. The number of aromatic nitrogens is 3. The topological polar surface area (TPSA) is 97.2 Å². The summed E-state index contributed by atoms with van der Waals surface area (Å²) in [5.74, 6) is -0.174. The molecular weight excluding hydrogens is 497 g/mol. The molecule has 0 unspecified atom stereocenters. The fraction of sp³-hybridized carbons (Fsp3) is 0.360. The summed E-state index contributed by atoms with van der Waals surface area (Å²) < 4.78 is 46.5. The Kier molecular flexibility index (Phi) is 7.35. The van der Waals surface area contributed by atoms with Crippen molar-refractivity contribution >= 4 is 17.5 Å². The molecule has 11 heteroatoms. The smallest absolute Gasteiger partial charge is 0.403 e. The van der Waals surface area contributed by atoms with E-state index in [4.69, 9.17) is 16.3 Å². The number of ether oxygens (including phenoxy) is 1. The van der Waals surface area contributed by atoms with Crippen LogP contribution in [-0.4, -0.2) is 38.7 Å². The Morgan fingerprint density at radius 3 is 2.53 bits per heavy atom. The summed E-state index contributed by atoms with van der Waals surface area (Å²) in [5.41, 5.74) is -0.950. The number of rotatable bonds is 7. The van der Waals surface area contributed by atoms with E-state index in [2.05, 4.69) is 20.3 Å². The number of hydrogen-bond donors (Lipinski definition) is 2. The molecule has 1 aromatic heterocycles. The second kappa shape index (κ2) is 10.3. The molecule has 2 aromatic carbocycles. The van der Waals surface area contributed by atoms with E-state index in [0.717, 1.165) is 0 Å². The lowest BCUT2D eigenvalue weighted by Gasteiger charge is -2.30. The van der Waals surface area contributed by atoms with Crippen LogP contribution in [0.3, 0.4) is 0 Å². The van der Waals surface area contributed by atoms with Gasteiger partial charge in [0.25, 0.3) is 0 Å². The molecule has 1 fully saturated rings. The average Bonchev–Trinajstić information content (AvgIpc) is 3.35. The summed E-state index contributed by atoms with van der Waals surface area (Å²) in [6.45, 7) is 2.19. The molecular formula is C25H24ClF3N4O3. The van der Waals surface area contributed by atoms with Crippen molar-refractivity contribution in [2.45, 2.75) is 45.3 Å². The van der Waals surface area contributed by atoms with Crippen molar-refractivity contribution in [3.63, 3.8) is 0 Å². The predicted molar refractivity (Wildman–Crippen MR) is 127 cm³/mol. The van der Waals surface area contributed by atoms with E-state index in [1.54, 1.807) is 36.4 Å². The van der Waals surface area contributed by atoms with Crippen LogP contribution in [0.4, 0.5) is 13.2 Å². The van der Waals surface area contributed by atoms with Crippen LogP contribution in [-0.2, 0) is 11.3 Å². The van der Waals surface area contributed by atoms with Crippen LogP contribution in [0, 0.1) is 5.41 Å². The van der Waals surface area contributed by atoms with E-state index in [0.29, 0.717) is 41.9 Å². The zero-order valence-electron chi connectivity index (χ0n) is 19.4. The number of nitrogens with one attached hydrogen (secondary N) is 1. The molecule has 36 heavy (non-hydrogen) atoms. The molecule has 2 N–H and O–H groups in total. The maximum atomic E-state index is 13.7. The number of carbonyl (C=O) groups excluding carboxylic acids is 1. The predicted octanol–water partition coefficient (Wildman–Crippen LogP) is 5.70. The fourth-order valence-electron chi connectivity index (χ4n) is 4.33. The van der Waals surface area contributed by atoms with E-state index in [9.17, 15) is 23.1 Å². The molecule has 0 radical (unpaired) electrons. The van der Waals surface area contributed by atoms with E-state index in [1.807, 2.05) is 6.92 Å². The Balaban J connectivity index is 1.60. The normalized spacial score (nSPS) is 15.0. The van der Waals surface area contributed by atoms with Crippen LogP contribution in [0.1, 0.15) is 38.2 Å². The first-order valence-electron chi connectivity index (χ1n) is 11.4. The Morgan fingerprint density at radius 1 is 1.11 bits per heavy atom. The Hall–Kier alpha value is -3.40. The number of hydrogen-bond acceptors (Lipinski definition) is 6. The average molecular weight is 521 g/mol. The number of alkyl halides is 3. The van der Waals surface area contributed by atoms with Gasteiger partial charge in [-0.05, 0) is 49.6 Å². The van der Waals surface area contributed by atoms with Gasteiger partial charge in [-0.3, -0.25) is 4.79 Å². The first-order chi connectivity index (χ1) is 17.1. The Bertz CT molecular complexity index is 1260. The first kappa shape index (κ1) is 25.7. The number of halogens is 4. The fourth-order valence-corrected chi connectivity index (χ4v) is 4.53. The van der Waals surface area contributed by atoms with Crippen LogP contribution in [0.5, 0.6) is 11.8 Å². The van der Waals surface area contributed by atoms with E-state index >= 15 is 0 Å². The molecule has 4 rings (SSSR count). The zero-order valence-corrected chi connectivity index (χ0v) is 20.2. The highest BCUT2D eigenvalue weighted by Crippen LogP contribution is 2.50.